The molecule has 0 saturated heterocycles. The normalized spacial score (nSPS) is 29.4. The second kappa shape index (κ2) is 6.01. The van der Waals surface area contributed by atoms with E-state index < -0.39 is 22.8 Å². The zero-order valence-electron chi connectivity index (χ0n) is 15.1. The van der Waals surface area contributed by atoms with Gasteiger partial charge in [0.25, 0.3) is 0 Å². The fraction of sp³-hybridized carbons (Fsp3) is 0.524. The van der Waals surface area contributed by atoms with Crippen molar-refractivity contribution in [1.29, 1.82) is 0 Å². The van der Waals surface area contributed by atoms with Gasteiger partial charge in [-0.2, -0.15) is 0 Å². The predicted molar refractivity (Wildman–Crippen MR) is 95.6 cm³/mol. The number of carboxylic acid groups (broad SMARTS) is 2. The number of rotatable bonds is 5. The van der Waals surface area contributed by atoms with Gasteiger partial charge in [-0.15, -0.1) is 0 Å². The molecule has 2 N–H and O–H groups in total. The number of allylic oxidation sites excluding steroid dienone is 1. The molecule has 1 saturated carbocycles. The highest BCUT2D eigenvalue weighted by molar-refractivity contribution is 5.88. The summed E-state index contributed by atoms with van der Waals surface area (Å²) in [5, 5.41) is 20.1. The molecular formula is C21H26O4. The maximum Gasteiger partial charge on any atom is 0.318 e. The van der Waals surface area contributed by atoms with Crippen molar-refractivity contribution in [3.05, 3.63) is 47.0 Å². The quantitative estimate of drug-likeness (QED) is 0.780. The molecule has 0 aliphatic heterocycles. The Kier molecular flexibility index (Phi) is 4.26. The van der Waals surface area contributed by atoms with Crippen LogP contribution in [-0.2, 0) is 15.0 Å². The standard InChI is InChI=1S/C21H26O4/c1-13(2)15-4-6-17(7-5-15)21(19(24)25)12-20(18(22)23,16-8-9-16)11-10-14(21)3/h4-7,10,13,16H,8-9,11-12H2,1-3H3,(H,22,23)(H,24,25). The smallest absolute Gasteiger partial charge is 0.318 e. The lowest BCUT2D eigenvalue weighted by atomic mass is 9.57. The van der Waals surface area contributed by atoms with E-state index in [1.165, 1.54) is 0 Å². The molecular weight excluding hydrogens is 316 g/mol. The Morgan fingerprint density at radius 3 is 2.12 bits per heavy atom. The summed E-state index contributed by atoms with van der Waals surface area (Å²) in [5.74, 6) is -1.36. The lowest BCUT2D eigenvalue weighted by Crippen LogP contribution is -2.49. The molecule has 3 rings (SSSR count). The summed E-state index contributed by atoms with van der Waals surface area (Å²) in [4.78, 5) is 24.6. The van der Waals surface area contributed by atoms with Crippen LogP contribution in [0.3, 0.4) is 0 Å². The maximum atomic E-state index is 12.4. The Morgan fingerprint density at radius 2 is 1.68 bits per heavy atom. The first kappa shape index (κ1) is 17.7. The molecule has 0 heterocycles. The average molecular weight is 342 g/mol. The second-order valence-electron chi connectivity index (χ2n) is 7.99. The average Bonchev–Trinajstić information content (AvgIpc) is 3.40. The van der Waals surface area contributed by atoms with E-state index in [0.29, 0.717) is 17.9 Å². The van der Waals surface area contributed by atoms with E-state index in [9.17, 15) is 19.8 Å². The number of aliphatic carboxylic acids is 2. The molecule has 2 aliphatic carbocycles. The summed E-state index contributed by atoms with van der Waals surface area (Å²) in [6.45, 7) is 6.01. The third-order valence-corrected chi connectivity index (χ3v) is 6.25. The van der Waals surface area contributed by atoms with Crippen molar-refractivity contribution in [2.45, 2.75) is 57.8 Å². The summed E-state index contributed by atoms with van der Waals surface area (Å²) in [6.07, 6.45) is 4.17. The summed E-state index contributed by atoms with van der Waals surface area (Å²) in [5.41, 5.74) is 0.357. The highest BCUT2D eigenvalue weighted by atomic mass is 16.4. The molecule has 4 nitrogen and oxygen atoms in total. The van der Waals surface area contributed by atoms with Gasteiger partial charge < -0.3 is 10.2 Å². The van der Waals surface area contributed by atoms with Crippen molar-refractivity contribution in [2.24, 2.45) is 11.3 Å². The first-order chi connectivity index (χ1) is 11.7. The van der Waals surface area contributed by atoms with Gasteiger partial charge in [-0.1, -0.05) is 49.8 Å². The van der Waals surface area contributed by atoms with Crippen molar-refractivity contribution in [3.8, 4) is 0 Å². The lowest BCUT2D eigenvalue weighted by Gasteiger charge is -2.43. The summed E-state index contributed by atoms with van der Waals surface area (Å²) in [6, 6.07) is 7.66. The van der Waals surface area contributed by atoms with Crippen molar-refractivity contribution in [1.82, 2.24) is 0 Å². The highest BCUT2D eigenvalue weighted by Gasteiger charge is 2.59. The first-order valence-electron chi connectivity index (χ1n) is 8.98. The van der Waals surface area contributed by atoms with Crippen LogP contribution in [0.25, 0.3) is 0 Å². The fourth-order valence-electron chi connectivity index (χ4n) is 4.33. The van der Waals surface area contributed by atoms with Crippen LogP contribution >= 0.6 is 0 Å². The Bertz CT molecular complexity index is 727. The fourth-order valence-corrected chi connectivity index (χ4v) is 4.33. The molecule has 134 valence electrons. The SMILES string of the molecule is CC1=CCC(C(=O)O)(C2CC2)CC1(C(=O)O)c1ccc(C(C)C)cc1. The Balaban J connectivity index is 2.12. The minimum absolute atomic E-state index is 0.0861. The van der Waals surface area contributed by atoms with Crippen LogP contribution in [0.4, 0.5) is 0 Å². The van der Waals surface area contributed by atoms with Crippen LogP contribution in [0.5, 0.6) is 0 Å². The van der Waals surface area contributed by atoms with E-state index >= 15 is 0 Å². The molecule has 0 aromatic heterocycles. The maximum absolute atomic E-state index is 12.4. The van der Waals surface area contributed by atoms with Crippen LogP contribution in [-0.4, -0.2) is 22.2 Å². The van der Waals surface area contributed by atoms with Crippen molar-refractivity contribution in [3.63, 3.8) is 0 Å². The van der Waals surface area contributed by atoms with Gasteiger partial charge in [0.2, 0.25) is 0 Å². The van der Waals surface area contributed by atoms with Gasteiger partial charge in [-0.25, -0.2) is 0 Å². The number of benzene rings is 1. The van der Waals surface area contributed by atoms with Gasteiger partial charge >= 0.3 is 11.9 Å². The number of carbonyl (C=O) groups is 2. The third-order valence-electron chi connectivity index (χ3n) is 6.25. The molecule has 1 aromatic carbocycles. The van der Waals surface area contributed by atoms with Crippen LogP contribution < -0.4 is 0 Å². The topological polar surface area (TPSA) is 74.6 Å². The zero-order chi connectivity index (χ0) is 18.4. The number of hydrogen-bond acceptors (Lipinski definition) is 2. The van der Waals surface area contributed by atoms with Gasteiger partial charge in [-0.3, -0.25) is 9.59 Å². The van der Waals surface area contributed by atoms with E-state index in [4.69, 9.17) is 0 Å². The zero-order valence-corrected chi connectivity index (χ0v) is 15.1. The molecule has 2 atom stereocenters. The molecule has 0 bridgehead atoms. The molecule has 2 unspecified atom stereocenters. The molecule has 1 fully saturated rings. The molecule has 0 amide bonds. The second-order valence-corrected chi connectivity index (χ2v) is 7.99. The third kappa shape index (κ3) is 2.68. The molecule has 4 heteroatoms. The molecule has 2 aliphatic rings. The van der Waals surface area contributed by atoms with Crippen LogP contribution in [0.1, 0.15) is 63.5 Å². The lowest BCUT2D eigenvalue weighted by molar-refractivity contribution is -0.155. The Morgan fingerprint density at radius 1 is 1.08 bits per heavy atom. The monoisotopic (exact) mass is 342 g/mol. The summed E-state index contributed by atoms with van der Waals surface area (Å²) >= 11 is 0. The molecule has 1 aromatic rings. The summed E-state index contributed by atoms with van der Waals surface area (Å²) < 4.78 is 0. The van der Waals surface area contributed by atoms with Crippen molar-refractivity contribution < 1.29 is 19.8 Å². The van der Waals surface area contributed by atoms with E-state index in [-0.39, 0.29) is 12.3 Å². The first-order valence-corrected chi connectivity index (χ1v) is 8.98. The summed E-state index contributed by atoms with van der Waals surface area (Å²) in [7, 11) is 0. The van der Waals surface area contributed by atoms with Gasteiger partial charge in [0, 0.05) is 0 Å². The molecule has 0 radical (unpaired) electrons. The van der Waals surface area contributed by atoms with Crippen molar-refractivity contribution >= 4 is 11.9 Å². The van der Waals surface area contributed by atoms with E-state index in [1.807, 2.05) is 37.3 Å². The Labute approximate surface area is 148 Å². The van der Waals surface area contributed by atoms with Crippen LogP contribution in [0.2, 0.25) is 0 Å². The Hall–Kier alpha value is -2.10. The van der Waals surface area contributed by atoms with E-state index in [0.717, 1.165) is 24.0 Å². The molecule has 0 spiro atoms. The van der Waals surface area contributed by atoms with Gasteiger partial charge in [0.1, 0.15) is 5.41 Å². The van der Waals surface area contributed by atoms with Gasteiger partial charge in [0.15, 0.2) is 0 Å². The van der Waals surface area contributed by atoms with Gasteiger partial charge in [-0.05, 0) is 55.6 Å². The predicted octanol–water partition coefficient (Wildman–Crippen LogP) is 4.35. The van der Waals surface area contributed by atoms with Crippen LogP contribution in [0, 0.1) is 11.3 Å². The minimum atomic E-state index is -1.26. The molecule has 25 heavy (non-hydrogen) atoms. The van der Waals surface area contributed by atoms with Crippen LogP contribution in [0.15, 0.2) is 35.9 Å². The van der Waals surface area contributed by atoms with Crippen molar-refractivity contribution in [2.75, 3.05) is 0 Å². The minimum Gasteiger partial charge on any atom is -0.481 e. The number of carboxylic acids is 2. The van der Waals surface area contributed by atoms with E-state index in [1.54, 1.807) is 0 Å². The van der Waals surface area contributed by atoms with Gasteiger partial charge in [0.05, 0.1) is 5.41 Å². The largest absolute Gasteiger partial charge is 0.481 e. The number of hydrogen-bond donors (Lipinski definition) is 2. The van der Waals surface area contributed by atoms with E-state index in [2.05, 4.69) is 13.8 Å². The highest BCUT2D eigenvalue weighted by Crippen LogP contribution is 2.58.